The van der Waals surface area contributed by atoms with Gasteiger partial charge in [0.15, 0.2) is 0 Å². The number of ketones is 1. The lowest BCUT2D eigenvalue weighted by molar-refractivity contribution is -0.119. The molecule has 0 radical (unpaired) electrons. The van der Waals surface area contributed by atoms with E-state index in [9.17, 15) is 4.79 Å². The summed E-state index contributed by atoms with van der Waals surface area (Å²) in [6.07, 6.45) is 2.90. The fourth-order valence-electron chi connectivity index (χ4n) is 1.60. The molecule has 0 N–H and O–H groups in total. The predicted molar refractivity (Wildman–Crippen MR) is 76.0 cm³/mol. The molecule has 86 valence electrons. The zero-order valence-electron chi connectivity index (χ0n) is 8.55. The molecule has 1 aromatic carbocycles. The van der Waals surface area contributed by atoms with Crippen LogP contribution < -0.4 is 0 Å². The van der Waals surface area contributed by atoms with Gasteiger partial charge in [-0.05, 0) is 37.0 Å². The molecule has 1 aromatic rings. The molecule has 1 aliphatic rings. The van der Waals surface area contributed by atoms with Crippen LogP contribution in [0.4, 0.5) is 0 Å². The summed E-state index contributed by atoms with van der Waals surface area (Å²) in [5.41, 5.74) is 1.17. The average Bonchev–Trinajstić information content (AvgIpc) is 3.04. The number of Topliss-reactive ketones (excluding diaryl/α,β-unsaturated/α-hetero) is 1. The number of carbonyl (C=O) groups excluding carboxylic acids is 1. The standard InChI is InChI=1S/C12H11Br3O/c13-9-4-3-8(10(14)6-9)5-11(15)12(16)7-1-2-7/h3-4,6-7,11H,1-2,5H2. The second-order valence-corrected chi connectivity index (χ2v) is 6.96. The van der Waals surface area contributed by atoms with Crippen molar-refractivity contribution in [1.82, 2.24) is 0 Å². The van der Waals surface area contributed by atoms with Crippen molar-refractivity contribution in [3.05, 3.63) is 32.7 Å². The Kier molecular flexibility index (Phi) is 4.25. The minimum absolute atomic E-state index is 0.0440. The van der Waals surface area contributed by atoms with E-state index < -0.39 is 0 Å². The van der Waals surface area contributed by atoms with E-state index in [0.29, 0.717) is 11.7 Å². The van der Waals surface area contributed by atoms with Crippen molar-refractivity contribution in [1.29, 1.82) is 0 Å². The highest BCUT2D eigenvalue weighted by atomic mass is 79.9. The van der Waals surface area contributed by atoms with Gasteiger partial charge in [-0.3, -0.25) is 4.79 Å². The van der Waals surface area contributed by atoms with Gasteiger partial charge in [0.05, 0.1) is 4.83 Å². The third kappa shape index (κ3) is 3.17. The summed E-state index contributed by atoms with van der Waals surface area (Å²) >= 11 is 10.4. The summed E-state index contributed by atoms with van der Waals surface area (Å²) < 4.78 is 2.10. The molecular formula is C12H11Br3O. The third-order valence-corrected chi connectivity index (χ3v) is 4.71. The van der Waals surface area contributed by atoms with E-state index in [1.54, 1.807) is 0 Å². The van der Waals surface area contributed by atoms with Crippen LogP contribution in [0.25, 0.3) is 0 Å². The summed E-state index contributed by atoms with van der Waals surface area (Å²) in [6.45, 7) is 0. The fraction of sp³-hybridized carbons (Fsp3) is 0.417. The number of hydrogen-bond acceptors (Lipinski definition) is 1. The Morgan fingerprint density at radius 3 is 2.62 bits per heavy atom. The molecule has 1 saturated carbocycles. The molecule has 16 heavy (non-hydrogen) atoms. The molecule has 1 atom stereocenters. The molecule has 0 spiro atoms. The number of hydrogen-bond donors (Lipinski definition) is 0. The number of alkyl halides is 1. The Balaban J connectivity index is 2.05. The van der Waals surface area contributed by atoms with Crippen LogP contribution in [0.2, 0.25) is 0 Å². The van der Waals surface area contributed by atoms with Gasteiger partial charge >= 0.3 is 0 Å². The van der Waals surface area contributed by atoms with Crippen molar-refractivity contribution < 1.29 is 4.79 Å². The molecule has 1 fully saturated rings. The Labute approximate surface area is 120 Å². The highest BCUT2D eigenvalue weighted by molar-refractivity contribution is 9.11. The molecular weight excluding hydrogens is 400 g/mol. The van der Waals surface area contributed by atoms with E-state index in [4.69, 9.17) is 0 Å². The maximum Gasteiger partial charge on any atom is 0.149 e. The van der Waals surface area contributed by atoms with E-state index in [1.165, 1.54) is 5.56 Å². The number of carbonyl (C=O) groups is 1. The summed E-state index contributed by atoms with van der Waals surface area (Å²) in [5, 5.41) is 0. The molecule has 0 saturated heterocycles. The SMILES string of the molecule is O=C(C(Br)Cc1ccc(Br)cc1Br)C1CC1. The van der Waals surface area contributed by atoms with Crippen molar-refractivity contribution in [3.8, 4) is 0 Å². The summed E-state index contributed by atoms with van der Waals surface area (Å²) in [5.74, 6) is 0.674. The Morgan fingerprint density at radius 2 is 2.06 bits per heavy atom. The van der Waals surface area contributed by atoms with Crippen molar-refractivity contribution in [2.45, 2.75) is 24.1 Å². The minimum atomic E-state index is -0.0440. The number of benzene rings is 1. The van der Waals surface area contributed by atoms with Gasteiger partial charge in [0.1, 0.15) is 5.78 Å². The zero-order chi connectivity index (χ0) is 11.7. The van der Waals surface area contributed by atoms with Gasteiger partial charge in [0, 0.05) is 14.9 Å². The van der Waals surface area contributed by atoms with E-state index >= 15 is 0 Å². The molecule has 0 heterocycles. The van der Waals surface area contributed by atoms with Gasteiger partial charge in [-0.2, -0.15) is 0 Å². The van der Waals surface area contributed by atoms with Crippen LogP contribution in [-0.2, 0) is 11.2 Å². The smallest absolute Gasteiger partial charge is 0.149 e. The lowest BCUT2D eigenvalue weighted by Gasteiger charge is -2.10. The van der Waals surface area contributed by atoms with Gasteiger partial charge in [0.25, 0.3) is 0 Å². The van der Waals surface area contributed by atoms with Crippen molar-refractivity contribution in [3.63, 3.8) is 0 Å². The Bertz CT molecular complexity index is 413. The molecule has 1 aliphatic carbocycles. The predicted octanol–water partition coefficient (Wildman–Crippen LogP) is 4.50. The quantitative estimate of drug-likeness (QED) is 0.668. The van der Waals surface area contributed by atoms with E-state index in [2.05, 4.69) is 47.8 Å². The Morgan fingerprint density at radius 1 is 1.38 bits per heavy atom. The fourth-order valence-corrected chi connectivity index (χ4v) is 3.54. The average molecular weight is 411 g/mol. The normalized spacial score (nSPS) is 17.2. The van der Waals surface area contributed by atoms with E-state index in [1.807, 2.05) is 18.2 Å². The van der Waals surface area contributed by atoms with Crippen LogP contribution in [0.5, 0.6) is 0 Å². The molecule has 0 amide bonds. The van der Waals surface area contributed by atoms with Crippen LogP contribution in [0.15, 0.2) is 27.1 Å². The molecule has 0 bridgehead atoms. The first kappa shape index (κ1) is 12.8. The largest absolute Gasteiger partial charge is 0.298 e. The molecule has 2 rings (SSSR count). The van der Waals surface area contributed by atoms with Gasteiger partial charge < -0.3 is 0 Å². The van der Waals surface area contributed by atoms with Crippen molar-refractivity contribution in [2.75, 3.05) is 0 Å². The monoisotopic (exact) mass is 408 g/mol. The zero-order valence-corrected chi connectivity index (χ0v) is 13.3. The lowest BCUT2D eigenvalue weighted by Crippen LogP contribution is -2.18. The van der Waals surface area contributed by atoms with Crippen molar-refractivity contribution >= 4 is 53.6 Å². The molecule has 0 aliphatic heterocycles. The first-order chi connectivity index (χ1) is 7.58. The second-order valence-electron chi connectivity index (χ2n) is 4.08. The summed E-state index contributed by atoms with van der Waals surface area (Å²) in [7, 11) is 0. The van der Waals surface area contributed by atoms with Crippen LogP contribution in [0, 0.1) is 5.92 Å². The highest BCUT2D eigenvalue weighted by Crippen LogP contribution is 2.34. The minimum Gasteiger partial charge on any atom is -0.298 e. The lowest BCUT2D eigenvalue weighted by atomic mass is 10.1. The van der Waals surface area contributed by atoms with Crippen LogP contribution >= 0.6 is 47.8 Å². The third-order valence-electron chi connectivity index (χ3n) is 2.70. The molecule has 0 aromatic heterocycles. The van der Waals surface area contributed by atoms with Crippen LogP contribution in [0.3, 0.4) is 0 Å². The van der Waals surface area contributed by atoms with Gasteiger partial charge in [-0.25, -0.2) is 0 Å². The van der Waals surface area contributed by atoms with Gasteiger partial charge in [-0.1, -0.05) is 53.9 Å². The molecule has 1 unspecified atom stereocenters. The highest BCUT2D eigenvalue weighted by Gasteiger charge is 2.33. The topological polar surface area (TPSA) is 17.1 Å². The second kappa shape index (κ2) is 5.32. The molecule has 1 nitrogen and oxygen atoms in total. The maximum absolute atomic E-state index is 11.8. The first-order valence-corrected chi connectivity index (χ1v) is 7.70. The summed E-state index contributed by atoms with van der Waals surface area (Å²) in [4.78, 5) is 11.8. The number of halogens is 3. The van der Waals surface area contributed by atoms with E-state index in [-0.39, 0.29) is 4.83 Å². The maximum atomic E-state index is 11.8. The van der Waals surface area contributed by atoms with Gasteiger partial charge in [0.2, 0.25) is 0 Å². The van der Waals surface area contributed by atoms with Crippen LogP contribution in [0.1, 0.15) is 18.4 Å². The van der Waals surface area contributed by atoms with Crippen LogP contribution in [-0.4, -0.2) is 10.6 Å². The van der Waals surface area contributed by atoms with E-state index in [0.717, 1.165) is 28.2 Å². The van der Waals surface area contributed by atoms with Crippen molar-refractivity contribution in [2.24, 2.45) is 5.92 Å². The first-order valence-electron chi connectivity index (χ1n) is 5.19. The molecule has 4 heteroatoms. The summed E-state index contributed by atoms with van der Waals surface area (Å²) in [6, 6.07) is 6.06. The Hall–Kier alpha value is 0.330. The van der Waals surface area contributed by atoms with Gasteiger partial charge in [-0.15, -0.1) is 0 Å². The number of rotatable bonds is 4.